The zero-order valence-electron chi connectivity index (χ0n) is 13.2. The van der Waals surface area contributed by atoms with Crippen LogP contribution in [0, 0.1) is 17.0 Å². The highest BCUT2D eigenvalue weighted by Crippen LogP contribution is 2.20. The third-order valence-corrected chi connectivity index (χ3v) is 3.03. The van der Waals surface area contributed by atoms with Gasteiger partial charge >= 0.3 is 0 Å². The van der Waals surface area contributed by atoms with Crippen LogP contribution < -0.4 is 10.6 Å². The van der Waals surface area contributed by atoms with Gasteiger partial charge in [0.25, 0.3) is 5.91 Å². The number of rotatable bonds is 6. The SMILES string of the molecule is CNc1c(F)cc(C(=O)NCC(C)(C)CN(C)C)cc1F. The molecule has 0 aliphatic carbocycles. The molecule has 1 aromatic carbocycles. The smallest absolute Gasteiger partial charge is 0.251 e. The van der Waals surface area contributed by atoms with Gasteiger partial charge in [-0.1, -0.05) is 13.8 Å². The molecule has 0 fully saturated rings. The van der Waals surface area contributed by atoms with E-state index in [1.54, 1.807) is 0 Å². The summed E-state index contributed by atoms with van der Waals surface area (Å²) in [5.74, 6) is -2.05. The molecule has 0 aliphatic heterocycles. The molecule has 0 unspecified atom stereocenters. The van der Waals surface area contributed by atoms with Crippen molar-refractivity contribution < 1.29 is 13.6 Å². The molecule has 0 saturated carbocycles. The van der Waals surface area contributed by atoms with Gasteiger partial charge in [-0.25, -0.2) is 8.78 Å². The standard InChI is InChI=1S/C15H23F2N3O/c1-15(2,9-20(4)5)8-19-14(21)10-6-11(16)13(18-3)12(17)7-10/h6-7,18H,8-9H2,1-5H3,(H,19,21). The number of hydrogen-bond acceptors (Lipinski definition) is 3. The van der Waals surface area contributed by atoms with E-state index in [0.717, 1.165) is 18.7 Å². The van der Waals surface area contributed by atoms with Gasteiger partial charge < -0.3 is 15.5 Å². The maximum absolute atomic E-state index is 13.6. The lowest BCUT2D eigenvalue weighted by molar-refractivity contribution is 0.0928. The maximum atomic E-state index is 13.6. The van der Waals surface area contributed by atoms with E-state index < -0.39 is 17.5 Å². The van der Waals surface area contributed by atoms with Crippen LogP contribution >= 0.6 is 0 Å². The molecule has 1 rings (SSSR count). The number of anilines is 1. The molecule has 21 heavy (non-hydrogen) atoms. The Labute approximate surface area is 124 Å². The Morgan fingerprint density at radius 2 is 1.76 bits per heavy atom. The lowest BCUT2D eigenvalue weighted by Gasteiger charge is -2.28. The van der Waals surface area contributed by atoms with Crippen LogP contribution in [0.25, 0.3) is 0 Å². The molecule has 4 nitrogen and oxygen atoms in total. The molecule has 0 bridgehead atoms. The first-order valence-corrected chi connectivity index (χ1v) is 6.76. The molecule has 118 valence electrons. The van der Waals surface area contributed by atoms with Crippen LogP contribution in [0.3, 0.4) is 0 Å². The third kappa shape index (κ3) is 4.97. The molecule has 1 aromatic rings. The van der Waals surface area contributed by atoms with Gasteiger partial charge in [0.1, 0.15) is 17.3 Å². The van der Waals surface area contributed by atoms with Gasteiger partial charge in [0.2, 0.25) is 0 Å². The van der Waals surface area contributed by atoms with Crippen LogP contribution in [-0.4, -0.2) is 45.0 Å². The summed E-state index contributed by atoms with van der Waals surface area (Å²) in [5, 5.41) is 5.14. The lowest BCUT2D eigenvalue weighted by Crippen LogP contribution is -2.40. The van der Waals surface area contributed by atoms with Crippen molar-refractivity contribution in [1.82, 2.24) is 10.2 Å². The first-order chi connectivity index (χ1) is 9.66. The van der Waals surface area contributed by atoms with E-state index in [2.05, 4.69) is 10.6 Å². The van der Waals surface area contributed by atoms with Gasteiger partial charge in [0.15, 0.2) is 0 Å². The number of hydrogen-bond donors (Lipinski definition) is 2. The molecule has 0 radical (unpaired) electrons. The van der Waals surface area contributed by atoms with E-state index in [4.69, 9.17) is 0 Å². The normalized spacial score (nSPS) is 11.6. The first-order valence-electron chi connectivity index (χ1n) is 6.76. The molecule has 1 amide bonds. The van der Waals surface area contributed by atoms with Crippen LogP contribution in [0.5, 0.6) is 0 Å². The van der Waals surface area contributed by atoms with E-state index >= 15 is 0 Å². The number of benzene rings is 1. The Balaban J connectivity index is 2.77. The number of nitrogens with one attached hydrogen (secondary N) is 2. The summed E-state index contributed by atoms with van der Waals surface area (Å²) in [5.41, 5.74) is -0.398. The molecule has 0 heterocycles. The Kier molecular flexibility index (Phi) is 5.66. The second kappa shape index (κ2) is 6.85. The van der Waals surface area contributed by atoms with Crippen molar-refractivity contribution in [1.29, 1.82) is 0 Å². The molecule has 2 N–H and O–H groups in total. The van der Waals surface area contributed by atoms with Crippen molar-refractivity contribution in [3.05, 3.63) is 29.3 Å². The molecule has 0 atom stereocenters. The maximum Gasteiger partial charge on any atom is 0.251 e. The van der Waals surface area contributed by atoms with Gasteiger partial charge in [-0.05, 0) is 31.6 Å². The van der Waals surface area contributed by atoms with Crippen LogP contribution in [0.2, 0.25) is 0 Å². The summed E-state index contributed by atoms with van der Waals surface area (Å²) in [6, 6.07) is 2.06. The fraction of sp³-hybridized carbons (Fsp3) is 0.533. The minimum atomic E-state index is -0.782. The minimum Gasteiger partial charge on any atom is -0.383 e. The molecular weight excluding hydrogens is 276 g/mol. The summed E-state index contributed by atoms with van der Waals surface area (Å²) in [4.78, 5) is 14.0. The van der Waals surface area contributed by atoms with Crippen molar-refractivity contribution >= 4 is 11.6 Å². The van der Waals surface area contributed by atoms with Crippen molar-refractivity contribution in [2.45, 2.75) is 13.8 Å². The van der Waals surface area contributed by atoms with Crippen LogP contribution in [0.1, 0.15) is 24.2 Å². The van der Waals surface area contributed by atoms with Gasteiger partial charge in [0, 0.05) is 25.7 Å². The van der Waals surface area contributed by atoms with E-state index in [1.165, 1.54) is 7.05 Å². The Morgan fingerprint density at radius 3 is 2.19 bits per heavy atom. The second-order valence-corrected chi connectivity index (χ2v) is 6.15. The quantitative estimate of drug-likeness (QED) is 0.847. The average molecular weight is 299 g/mol. The minimum absolute atomic E-state index is 0.0235. The third-order valence-electron chi connectivity index (χ3n) is 3.03. The zero-order chi connectivity index (χ0) is 16.2. The first kappa shape index (κ1) is 17.4. The largest absolute Gasteiger partial charge is 0.383 e. The molecule has 0 aliphatic rings. The number of nitrogens with zero attached hydrogens (tertiary/aromatic N) is 1. The van der Waals surface area contributed by atoms with Crippen molar-refractivity contribution in [3.8, 4) is 0 Å². The number of amides is 1. The molecular formula is C15H23F2N3O. The van der Waals surface area contributed by atoms with E-state index in [0.29, 0.717) is 6.54 Å². The fourth-order valence-corrected chi connectivity index (χ4v) is 2.28. The van der Waals surface area contributed by atoms with Crippen LogP contribution in [0.15, 0.2) is 12.1 Å². The summed E-state index contributed by atoms with van der Waals surface area (Å²) >= 11 is 0. The highest BCUT2D eigenvalue weighted by atomic mass is 19.1. The summed E-state index contributed by atoms with van der Waals surface area (Å²) < 4.78 is 27.3. The number of halogens is 2. The van der Waals surface area contributed by atoms with Crippen molar-refractivity contribution in [3.63, 3.8) is 0 Å². The van der Waals surface area contributed by atoms with Gasteiger partial charge in [-0.2, -0.15) is 0 Å². The van der Waals surface area contributed by atoms with Crippen molar-refractivity contribution in [2.75, 3.05) is 39.5 Å². The highest BCUT2D eigenvalue weighted by Gasteiger charge is 2.21. The van der Waals surface area contributed by atoms with E-state index in [1.807, 2.05) is 32.8 Å². The Bertz CT molecular complexity index is 493. The van der Waals surface area contributed by atoms with E-state index in [-0.39, 0.29) is 16.7 Å². The number of carbonyl (C=O) groups excluding carboxylic acids is 1. The highest BCUT2D eigenvalue weighted by molar-refractivity contribution is 5.94. The van der Waals surface area contributed by atoms with Gasteiger partial charge in [-0.3, -0.25) is 4.79 Å². The summed E-state index contributed by atoms with van der Waals surface area (Å²) in [6.07, 6.45) is 0. The fourth-order valence-electron chi connectivity index (χ4n) is 2.28. The lowest BCUT2D eigenvalue weighted by atomic mass is 9.93. The molecule has 0 spiro atoms. The summed E-state index contributed by atoms with van der Waals surface area (Å²) in [7, 11) is 5.32. The van der Waals surface area contributed by atoms with Crippen molar-refractivity contribution in [2.24, 2.45) is 5.41 Å². The number of carbonyl (C=O) groups is 1. The Hall–Kier alpha value is -1.69. The molecule has 6 heteroatoms. The Morgan fingerprint density at radius 1 is 1.24 bits per heavy atom. The van der Waals surface area contributed by atoms with Gasteiger partial charge in [-0.15, -0.1) is 0 Å². The predicted molar refractivity (Wildman–Crippen MR) is 80.6 cm³/mol. The van der Waals surface area contributed by atoms with Crippen LogP contribution in [-0.2, 0) is 0 Å². The molecule has 0 saturated heterocycles. The summed E-state index contributed by atoms with van der Waals surface area (Å²) in [6.45, 7) is 5.23. The van der Waals surface area contributed by atoms with Crippen LogP contribution in [0.4, 0.5) is 14.5 Å². The second-order valence-electron chi connectivity index (χ2n) is 6.15. The van der Waals surface area contributed by atoms with E-state index in [9.17, 15) is 13.6 Å². The van der Waals surface area contributed by atoms with Gasteiger partial charge in [0.05, 0.1) is 0 Å². The monoisotopic (exact) mass is 299 g/mol. The average Bonchev–Trinajstić information content (AvgIpc) is 2.34. The topological polar surface area (TPSA) is 44.4 Å². The molecule has 0 aromatic heterocycles. The zero-order valence-corrected chi connectivity index (χ0v) is 13.2. The predicted octanol–water partition coefficient (Wildman–Crippen LogP) is 2.32.